The van der Waals surface area contributed by atoms with Gasteiger partial charge in [0.25, 0.3) is 0 Å². The molecule has 1 N–H and O–H groups in total. The Morgan fingerprint density at radius 1 is 1.13 bits per heavy atom. The molecule has 0 saturated heterocycles. The van der Waals surface area contributed by atoms with Gasteiger partial charge in [0.15, 0.2) is 0 Å². The molecule has 0 fully saturated rings. The average Bonchev–Trinajstić information content (AvgIpc) is 2.57. The van der Waals surface area contributed by atoms with Crippen molar-refractivity contribution in [3.63, 3.8) is 0 Å². The maximum atomic E-state index is 10.5. The number of aliphatic hydroxyl groups is 1. The number of hydrogen-bond acceptors (Lipinski definition) is 4. The van der Waals surface area contributed by atoms with Gasteiger partial charge in [0, 0.05) is 18.3 Å². The average molecular weight is 343 g/mol. The molecule has 0 aliphatic heterocycles. The first-order valence-electron chi connectivity index (χ1n) is 7.28. The summed E-state index contributed by atoms with van der Waals surface area (Å²) in [5, 5.41) is 21.1. The molecule has 23 heavy (non-hydrogen) atoms. The third kappa shape index (κ3) is 4.09. The molecular formula is C18H18NO2PS. The molecule has 0 amide bonds. The Bertz CT molecular complexity index is 767. The van der Waals surface area contributed by atoms with Gasteiger partial charge in [0.1, 0.15) is 23.4 Å². The summed E-state index contributed by atoms with van der Waals surface area (Å²) in [5.41, 5.74) is 0.920. The molecule has 1 atom stereocenters. The van der Waals surface area contributed by atoms with Gasteiger partial charge < -0.3 is 9.63 Å². The van der Waals surface area contributed by atoms with Crippen molar-refractivity contribution in [2.75, 3.05) is 6.61 Å². The molecule has 0 spiro atoms. The number of hydrogen-bond donors (Lipinski definition) is 1. The zero-order valence-electron chi connectivity index (χ0n) is 12.8. The highest BCUT2D eigenvalue weighted by atomic mass is 32.4. The first-order chi connectivity index (χ1) is 11.1. The molecular weight excluding hydrogens is 325 g/mol. The van der Waals surface area contributed by atoms with E-state index in [9.17, 15) is 10.4 Å². The second kappa shape index (κ2) is 8.08. The fourth-order valence-corrected chi connectivity index (χ4v) is 5.38. The Kier molecular flexibility index (Phi) is 6.12. The molecule has 0 heterocycles. The molecule has 2 rings (SSSR count). The number of allylic oxidation sites excluding steroid dienone is 2. The first-order valence-corrected chi connectivity index (χ1v) is 10.0. The Labute approximate surface area is 141 Å². The van der Waals surface area contributed by atoms with E-state index in [1.54, 1.807) is 0 Å². The second-order valence-corrected chi connectivity index (χ2v) is 8.74. The molecule has 0 aliphatic rings. The molecule has 0 saturated carbocycles. The molecule has 2 aromatic rings. The Morgan fingerprint density at radius 3 is 2.22 bits per heavy atom. The molecule has 2 aromatic carbocycles. The van der Waals surface area contributed by atoms with Crippen molar-refractivity contribution in [1.82, 2.24) is 0 Å². The Balaban J connectivity index is 2.49. The van der Waals surface area contributed by atoms with Gasteiger partial charge in [-0.05, 0) is 12.5 Å². The molecule has 5 heteroatoms. The van der Waals surface area contributed by atoms with E-state index in [-0.39, 0.29) is 17.5 Å². The third-order valence-corrected chi connectivity index (χ3v) is 7.34. The fourth-order valence-electron chi connectivity index (χ4n) is 2.25. The molecule has 0 radical (unpaired) electrons. The van der Waals surface area contributed by atoms with E-state index in [1.807, 2.05) is 67.6 Å². The van der Waals surface area contributed by atoms with Crippen LogP contribution in [0.3, 0.4) is 0 Å². The zero-order chi connectivity index (χ0) is 16.7. The van der Waals surface area contributed by atoms with E-state index >= 15 is 0 Å². The lowest BCUT2D eigenvalue weighted by molar-refractivity contribution is 0.376. The van der Waals surface area contributed by atoms with E-state index in [0.29, 0.717) is 6.61 Å². The van der Waals surface area contributed by atoms with Gasteiger partial charge in [0.05, 0.1) is 0 Å². The smallest absolute Gasteiger partial charge is 0.136 e. The number of nitrogens with zero attached hydrogens (tertiary/aromatic N) is 1. The molecule has 0 aliphatic carbocycles. The predicted molar refractivity (Wildman–Crippen MR) is 97.4 cm³/mol. The van der Waals surface area contributed by atoms with Crippen LogP contribution in [0.4, 0.5) is 0 Å². The number of rotatable bonds is 6. The van der Waals surface area contributed by atoms with E-state index in [1.165, 1.54) is 0 Å². The summed E-state index contributed by atoms with van der Waals surface area (Å²) < 4.78 is 5.81. The lowest BCUT2D eigenvalue weighted by Crippen LogP contribution is -2.10. The monoisotopic (exact) mass is 343 g/mol. The fraction of sp³-hybridized carbons (Fsp3) is 0.167. The SMILES string of the molecule is CCOP(=S)(/C(C#N)=C(\O)Cc1ccccc1)c1ccccc1. The van der Waals surface area contributed by atoms with E-state index in [0.717, 1.165) is 10.9 Å². The van der Waals surface area contributed by atoms with Gasteiger partial charge >= 0.3 is 0 Å². The summed E-state index contributed by atoms with van der Waals surface area (Å²) in [6, 6.07) is 20.9. The van der Waals surface area contributed by atoms with Crippen molar-refractivity contribution in [2.45, 2.75) is 13.3 Å². The summed E-state index contributed by atoms with van der Waals surface area (Å²) >= 11 is 5.73. The van der Waals surface area contributed by atoms with Crippen molar-refractivity contribution in [1.29, 1.82) is 5.26 Å². The van der Waals surface area contributed by atoms with Crippen LogP contribution in [-0.2, 0) is 22.8 Å². The maximum absolute atomic E-state index is 10.5. The van der Waals surface area contributed by atoms with Gasteiger partial charge in [0.2, 0.25) is 0 Å². The van der Waals surface area contributed by atoms with Gasteiger partial charge in [-0.15, -0.1) is 0 Å². The topological polar surface area (TPSA) is 53.2 Å². The van der Waals surface area contributed by atoms with Crippen molar-refractivity contribution in [2.24, 2.45) is 0 Å². The lowest BCUT2D eigenvalue weighted by Gasteiger charge is -2.22. The van der Waals surface area contributed by atoms with Gasteiger partial charge in [-0.1, -0.05) is 72.5 Å². The highest BCUT2D eigenvalue weighted by Crippen LogP contribution is 2.55. The van der Waals surface area contributed by atoms with E-state index in [2.05, 4.69) is 6.07 Å². The molecule has 1 unspecified atom stereocenters. The summed E-state index contributed by atoms with van der Waals surface area (Å²) in [6.45, 7) is 2.23. The molecule has 0 bridgehead atoms. The molecule has 0 aromatic heterocycles. The standard InChI is InChI=1S/C18H18NO2PS/c1-2-21-22(23,16-11-7-4-8-12-16)18(14-19)17(20)13-15-9-5-3-6-10-15/h3-12,20H,2,13H2,1H3/b18-17-. The van der Waals surface area contributed by atoms with Crippen LogP contribution in [-0.4, -0.2) is 11.7 Å². The van der Waals surface area contributed by atoms with Crippen LogP contribution >= 0.6 is 6.26 Å². The minimum absolute atomic E-state index is 0.0145. The van der Waals surface area contributed by atoms with Crippen molar-refractivity contribution in [3.8, 4) is 6.07 Å². The van der Waals surface area contributed by atoms with Crippen LogP contribution < -0.4 is 5.30 Å². The number of nitriles is 1. The van der Waals surface area contributed by atoms with Crippen LogP contribution in [0.5, 0.6) is 0 Å². The molecule has 118 valence electrons. The summed E-state index contributed by atoms with van der Waals surface area (Å²) in [7, 11) is 0. The van der Waals surface area contributed by atoms with Crippen LogP contribution in [0.2, 0.25) is 0 Å². The zero-order valence-corrected chi connectivity index (χ0v) is 14.6. The number of aliphatic hydroxyl groups excluding tert-OH is 1. The van der Waals surface area contributed by atoms with Crippen molar-refractivity contribution < 1.29 is 9.63 Å². The van der Waals surface area contributed by atoms with Gasteiger partial charge in [-0.2, -0.15) is 5.26 Å². The molecule has 3 nitrogen and oxygen atoms in total. The Morgan fingerprint density at radius 2 is 1.70 bits per heavy atom. The summed E-state index contributed by atoms with van der Waals surface area (Å²) in [4.78, 5) is 0. The highest BCUT2D eigenvalue weighted by molar-refractivity contribution is 8.18. The Hall–Kier alpha value is -1.92. The van der Waals surface area contributed by atoms with Gasteiger partial charge in [-0.25, -0.2) is 0 Å². The lowest BCUT2D eigenvalue weighted by atomic mass is 10.1. The van der Waals surface area contributed by atoms with Crippen LogP contribution in [0.15, 0.2) is 71.7 Å². The number of benzene rings is 2. The van der Waals surface area contributed by atoms with Crippen LogP contribution in [0, 0.1) is 11.3 Å². The van der Waals surface area contributed by atoms with Crippen LogP contribution in [0.1, 0.15) is 12.5 Å². The van der Waals surface area contributed by atoms with E-state index < -0.39 is 6.26 Å². The maximum Gasteiger partial charge on any atom is 0.136 e. The minimum atomic E-state index is -2.77. The third-order valence-electron chi connectivity index (χ3n) is 3.30. The predicted octanol–water partition coefficient (Wildman–Crippen LogP) is 4.28. The minimum Gasteiger partial charge on any atom is -0.510 e. The van der Waals surface area contributed by atoms with E-state index in [4.69, 9.17) is 16.3 Å². The van der Waals surface area contributed by atoms with Crippen molar-refractivity contribution in [3.05, 3.63) is 77.3 Å². The largest absolute Gasteiger partial charge is 0.510 e. The summed E-state index contributed by atoms with van der Waals surface area (Å²) in [5.74, 6) is -0.0145. The summed E-state index contributed by atoms with van der Waals surface area (Å²) in [6.07, 6.45) is -2.51. The second-order valence-electron chi connectivity index (χ2n) is 4.87. The van der Waals surface area contributed by atoms with Crippen LogP contribution in [0.25, 0.3) is 0 Å². The normalized spacial score (nSPS) is 14.4. The van der Waals surface area contributed by atoms with Crippen molar-refractivity contribution >= 4 is 23.4 Å². The van der Waals surface area contributed by atoms with Gasteiger partial charge in [-0.3, -0.25) is 0 Å². The highest BCUT2D eigenvalue weighted by Gasteiger charge is 2.29. The quantitative estimate of drug-likeness (QED) is 0.483. The first kappa shape index (κ1) is 17.4.